The van der Waals surface area contributed by atoms with Gasteiger partial charge in [0.2, 0.25) is 0 Å². The van der Waals surface area contributed by atoms with Crippen molar-refractivity contribution in [1.82, 2.24) is 0 Å². The highest BCUT2D eigenvalue weighted by atomic mass is 16.6. The highest BCUT2D eigenvalue weighted by molar-refractivity contribution is 5.96. The van der Waals surface area contributed by atoms with Gasteiger partial charge in [-0.1, -0.05) is 26.3 Å². The second-order valence-corrected chi connectivity index (χ2v) is 7.51. The maximum absolute atomic E-state index is 12.8. The summed E-state index contributed by atoms with van der Waals surface area (Å²) in [4.78, 5) is 14.3. The Bertz CT molecular complexity index is 701. The van der Waals surface area contributed by atoms with E-state index < -0.39 is 11.7 Å². The third-order valence-corrected chi connectivity index (χ3v) is 4.19. The molecule has 0 radical (unpaired) electrons. The molecule has 1 aromatic carbocycles. The van der Waals surface area contributed by atoms with Gasteiger partial charge in [0.1, 0.15) is 22.8 Å². The van der Waals surface area contributed by atoms with Crippen LogP contribution in [0.15, 0.2) is 17.8 Å². The molecule has 0 saturated heterocycles. The van der Waals surface area contributed by atoms with Crippen LogP contribution in [0.2, 0.25) is 0 Å². The third-order valence-electron chi connectivity index (χ3n) is 4.19. The lowest BCUT2D eigenvalue weighted by atomic mass is 9.89. The lowest BCUT2D eigenvalue weighted by Gasteiger charge is -2.35. The molecule has 1 aliphatic heterocycles. The first-order chi connectivity index (χ1) is 11.6. The van der Waals surface area contributed by atoms with Gasteiger partial charge in [0.25, 0.3) is 0 Å². The summed E-state index contributed by atoms with van der Waals surface area (Å²) in [6.45, 7) is 11.4. The van der Waals surface area contributed by atoms with Gasteiger partial charge in [-0.15, -0.1) is 0 Å². The Balaban J connectivity index is 2.66. The van der Waals surface area contributed by atoms with Gasteiger partial charge in [0.05, 0.1) is 7.11 Å². The molecule has 5 heteroatoms. The molecule has 0 saturated carbocycles. The van der Waals surface area contributed by atoms with E-state index in [0.29, 0.717) is 17.0 Å². The number of carbonyl (C=O) groups is 1. The van der Waals surface area contributed by atoms with Crippen LogP contribution in [-0.4, -0.2) is 23.9 Å². The first-order valence-corrected chi connectivity index (χ1v) is 8.75. The Labute approximate surface area is 150 Å². The van der Waals surface area contributed by atoms with E-state index in [1.807, 2.05) is 46.8 Å². The average molecular weight is 347 g/mol. The van der Waals surface area contributed by atoms with Crippen molar-refractivity contribution in [2.75, 3.05) is 12.0 Å². The molecule has 25 heavy (non-hydrogen) atoms. The Morgan fingerprint density at radius 1 is 1.36 bits per heavy atom. The van der Waals surface area contributed by atoms with E-state index in [1.54, 1.807) is 7.11 Å². The zero-order chi connectivity index (χ0) is 18.9. The number of aromatic hydroxyl groups is 1. The number of amides is 1. The predicted octanol–water partition coefficient (Wildman–Crippen LogP) is 5.12. The minimum absolute atomic E-state index is 0.0283. The normalized spacial score (nSPS) is 17.0. The van der Waals surface area contributed by atoms with Crippen molar-refractivity contribution < 1.29 is 19.4 Å². The maximum atomic E-state index is 12.8. The number of hydrogen-bond acceptors (Lipinski definition) is 4. The minimum atomic E-state index is -0.613. The highest BCUT2D eigenvalue weighted by Crippen LogP contribution is 2.49. The Kier molecular flexibility index (Phi) is 5.35. The zero-order valence-corrected chi connectivity index (χ0v) is 16.3. The summed E-state index contributed by atoms with van der Waals surface area (Å²) in [6, 6.07) is 1.82. The molecule has 138 valence electrons. The first-order valence-electron chi connectivity index (χ1n) is 8.75. The molecule has 0 aliphatic carbocycles. The third kappa shape index (κ3) is 3.75. The fourth-order valence-electron chi connectivity index (χ4n) is 3.23. The van der Waals surface area contributed by atoms with Gasteiger partial charge in [-0.3, -0.25) is 0 Å². The molecule has 5 nitrogen and oxygen atoms in total. The molecule has 0 fully saturated rings. The van der Waals surface area contributed by atoms with Crippen LogP contribution in [0.4, 0.5) is 10.5 Å². The van der Waals surface area contributed by atoms with Crippen LogP contribution in [0.3, 0.4) is 0 Å². The maximum Gasteiger partial charge on any atom is 0.419 e. The molecule has 0 spiro atoms. The van der Waals surface area contributed by atoms with Crippen LogP contribution in [0.1, 0.15) is 65.0 Å². The van der Waals surface area contributed by atoms with Gasteiger partial charge in [0, 0.05) is 17.2 Å². The van der Waals surface area contributed by atoms with E-state index >= 15 is 0 Å². The van der Waals surface area contributed by atoms with Crippen molar-refractivity contribution in [2.24, 2.45) is 0 Å². The molecular formula is C20H29NO4. The summed E-state index contributed by atoms with van der Waals surface area (Å²) in [7, 11) is 1.58. The number of methoxy groups -OCH3 is 1. The number of ether oxygens (including phenoxy) is 2. The Morgan fingerprint density at radius 3 is 2.52 bits per heavy atom. The summed E-state index contributed by atoms with van der Waals surface area (Å²) in [5, 5.41) is 10.8. The van der Waals surface area contributed by atoms with Crippen molar-refractivity contribution in [3.8, 4) is 11.5 Å². The number of fused-ring (bicyclic) bond motifs is 1. The SMILES string of the molecule is CCCc1cc(OC)c2c(c1O)C(C)C=C(C)N2C(=O)OC(C)(C)C. The standard InChI is InChI=1S/C20H29NO4/c1-8-9-14-11-15(24-7)17-16(18(14)22)12(2)10-13(3)21(17)19(23)25-20(4,5)6/h10-12,22H,8-9H2,1-7H3. The molecule has 1 unspecified atom stereocenters. The van der Waals surface area contributed by atoms with Crippen molar-refractivity contribution >= 4 is 11.8 Å². The number of nitrogens with zero attached hydrogens (tertiary/aromatic N) is 1. The van der Waals surface area contributed by atoms with E-state index in [2.05, 4.69) is 6.92 Å². The molecule has 1 amide bonds. The Hall–Kier alpha value is -2.17. The molecule has 0 aromatic heterocycles. The fraction of sp³-hybridized carbons (Fsp3) is 0.550. The van der Waals surface area contributed by atoms with E-state index in [0.717, 1.165) is 24.1 Å². The van der Waals surface area contributed by atoms with Gasteiger partial charge >= 0.3 is 6.09 Å². The number of anilines is 1. The van der Waals surface area contributed by atoms with Crippen LogP contribution >= 0.6 is 0 Å². The zero-order valence-electron chi connectivity index (χ0n) is 16.3. The van der Waals surface area contributed by atoms with Gasteiger partial charge in [-0.2, -0.15) is 0 Å². The van der Waals surface area contributed by atoms with E-state index in [-0.39, 0.29) is 11.7 Å². The smallest absolute Gasteiger partial charge is 0.419 e. The van der Waals surface area contributed by atoms with Crippen LogP contribution in [0.25, 0.3) is 0 Å². The van der Waals surface area contributed by atoms with E-state index in [9.17, 15) is 9.90 Å². The van der Waals surface area contributed by atoms with Gasteiger partial charge < -0.3 is 14.6 Å². The lowest BCUT2D eigenvalue weighted by molar-refractivity contribution is 0.0590. The van der Waals surface area contributed by atoms with Gasteiger partial charge in [-0.05, 0) is 45.7 Å². The van der Waals surface area contributed by atoms with Crippen LogP contribution < -0.4 is 9.64 Å². The minimum Gasteiger partial charge on any atom is -0.507 e. The second-order valence-electron chi connectivity index (χ2n) is 7.51. The number of allylic oxidation sites excluding steroid dienone is 2. The largest absolute Gasteiger partial charge is 0.507 e. The number of aryl methyl sites for hydroxylation is 1. The van der Waals surface area contributed by atoms with Gasteiger partial charge in [-0.25, -0.2) is 9.69 Å². The molecule has 1 atom stereocenters. The van der Waals surface area contributed by atoms with E-state index in [1.165, 1.54) is 4.90 Å². The summed E-state index contributed by atoms with van der Waals surface area (Å²) >= 11 is 0. The van der Waals surface area contributed by atoms with Crippen LogP contribution in [0.5, 0.6) is 11.5 Å². The van der Waals surface area contributed by atoms with Crippen molar-refractivity contribution in [3.63, 3.8) is 0 Å². The predicted molar refractivity (Wildman–Crippen MR) is 99.5 cm³/mol. The summed E-state index contributed by atoms with van der Waals surface area (Å²) in [5.74, 6) is 0.781. The fourth-order valence-corrected chi connectivity index (χ4v) is 3.23. The van der Waals surface area contributed by atoms with Crippen molar-refractivity contribution in [2.45, 2.75) is 65.9 Å². The number of hydrogen-bond donors (Lipinski definition) is 1. The summed E-state index contributed by atoms with van der Waals surface area (Å²) in [5.41, 5.74) is 2.26. The van der Waals surface area contributed by atoms with Crippen LogP contribution in [-0.2, 0) is 11.2 Å². The quantitative estimate of drug-likeness (QED) is 0.825. The molecule has 1 aliphatic rings. The molecule has 1 N–H and O–H groups in total. The van der Waals surface area contributed by atoms with Crippen LogP contribution in [0, 0.1) is 0 Å². The molecule has 1 heterocycles. The monoisotopic (exact) mass is 347 g/mol. The van der Waals surface area contributed by atoms with Crippen molar-refractivity contribution in [1.29, 1.82) is 0 Å². The Morgan fingerprint density at radius 2 is 2.00 bits per heavy atom. The molecular weight excluding hydrogens is 318 g/mol. The number of carbonyl (C=O) groups excluding carboxylic acids is 1. The topological polar surface area (TPSA) is 59.0 Å². The highest BCUT2D eigenvalue weighted by Gasteiger charge is 2.35. The molecule has 2 rings (SSSR count). The van der Waals surface area contributed by atoms with Crippen molar-refractivity contribution in [3.05, 3.63) is 29.0 Å². The second kappa shape index (κ2) is 6.98. The average Bonchev–Trinajstić information content (AvgIpc) is 2.47. The van der Waals surface area contributed by atoms with Gasteiger partial charge in [0.15, 0.2) is 0 Å². The first kappa shape index (κ1) is 19.2. The molecule has 1 aromatic rings. The summed E-state index contributed by atoms with van der Waals surface area (Å²) < 4.78 is 11.1. The number of rotatable bonds is 3. The summed E-state index contributed by atoms with van der Waals surface area (Å²) in [6.07, 6.45) is 3.14. The van der Waals surface area contributed by atoms with E-state index in [4.69, 9.17) is 9.47 Å². The number of phenolic OH excluding ortho intramolecular Hbond substituents is 1. The molecule has 0 bridgehead atoms. The number of phenols is 1. The number of benzene rings is 1. The lowest BCUT2D eigenvalue weighted by Crippen LogP contribution is -2.38.